The number of nitrogens with zero attached hydrogens (tertiary/aromatic N) is 1. The highest BCUT2D eigenvalue weighted by Crippen LogP contribution is 2.35. The van der Waals surface area contributed by atoms with Crippen LogP contribution in [0.25, 0.3) is 0 Å². The molecule has 0 saturated carbocycles. The van der Waals surface area contributed by atoms with Gasteiger partial charge in [-0.2, -0.15) is 0 Å². The standard InChI is InChI=1S/C20H32N4O3/c1-6-26-17-10-15-9-14(4)27-18(15)11-16(17)12-23-20(21-5)22-8-7-19(25)24-13(2)3/h10-11,13-14H,6-9,12H2,1-5H3,(H,24,25)(H2,21,22,23). The molecule has 1 aromatic carbocycles. The molecule has 0 radical (unpaired) electrons. The predicted octanol–water partition coefficient (Wildman–Crippen LogP) is 1.99. The van der Waals surface area contributed by atoms with E-state index in [0.717, 1.165) is 23.5 Å². The second kappa shape index (κ2) is 10.0. The molecule has 0 fully saturated rings. The zero-order chi connectivity index (χ0) is 19.8. The number of amides is 1. The molecular weight excluding hydrogens is 344 g/mol. The van der Waals surface area contributed by atoms with Gasteiger partial charge in [0.2, 0.25) is 5.91 Å². The summed E-state index contributed by atoms with van der Waals surface area (Å²) in [5, 5.41) is 9.31. The van der Waals surface area contributed by atoms with Crippen molar-refractivity contribution in [1.82, 2.24) is 16.0 Å². The SMILES string of the molecule is CCOc1cc2c(cc1CNC(=NC)NCCC(=O)NC(C)C)OC(C)C2. The van der Waals surface area contributed by atoms with E-state index in [1.54, 1.807) is 7.05 Å². The molecule has 0 aliphatic carbocycles. The number of aliphatic imine (C=N–C) groups is 1. The lowest BCUT2D eigenvalue weighted by molar-refractivity contribution is -0.121. The Kier molecular flexibility index (Phi) is 7.76. The normalized spacial score (nSPS) is 15.9. The molecule has 1 aliphatic rings. The molecule has 0 saturated heterocycles. The highest BCUT2D eigenvalue weighted by molar-refractivity contribution is 5.81. The number of benzene rings is 1. The fourth-order valence-electron chi connectivity index (χ4n) is 3.00. The van der Waals surface area contributed by atoms with E-state index in [0.29, 0.717) is 32.1 Å². The summed E-state index contributed by atoms with van der Waals surface area (Å²) in [4.78, 5) is 15.9. The van der Waals surface area contributed by atoms with Gasteiger partial charge in [-0.3, -0.25) is 9.79 Å². The minimum absolute atomic E-state index is 0.0245. The summed E-state index contributed by atoms with van der Waals surface area (Å²) in [6.45, 7) is 9.62. The van der Waals surface area contributed by atoms with Crippen LogP contribution in [0, 0.1) is 0 Å². The van der Waals surface area contributed by atoms with Gasteiger partial charge < -0.3 is 25.4 Å². The van der Waals surface area contributed by atoms with E-state index >= 15 is 0 Å². The second-order valence-electron chi connectivity index (χ2n) is 6.96. The van der Waals surface area contributed by atoms with E-state index in [4.69, 9.17) is 9.47 Å². The lowest BCUT2D eigenvalue weighted by Gasteiger charge is -2.16. The van der Waals surface area contributed by atoms with E-state index in [2.05, 4.69) is 33.9 Å². The first-order valence-electron chi connectivity index (χ1n) is 9.62. The van der Waals surface area contributed by atoms with Gasteiger partial charge in [-0.15, -0.1) is 0 Å². The van der Waals surface area contributed by atoms with Gasteiger partial charge >= 0.3 is 0 Å². The fourth-order valence-corrected chi connectivity index (χ4v) is 3.00. The summed E-state index contributed by atoms with van der Waals surface area (Å²) >= 11 is 0. The Hall–Kier alpha value is -2.44. The van der Waals surface area contributed by atoms with Crippen LogP contribution in [0.15, 0.2) is 17.1 Å². The first kappa shape index (κ1) is 20.9. The van der Waals surface area contributed by atoms with E-state index in [1.165, 1.54) is 5.56 Å². The Morgan fingerprint density at radius 3 is 2.81 bits per heavy atom. The Labute approximate surface area is 161 Å². The van der Waals surface area contributed by atoms with Crippen molar-refractivity contribution in [3.63, 3.8) is 0 Å². The van der Waals surface area contributed by atoms with Crippen molar-refractivity contribution in [3.05, 3.63) is 23.3 Å². The zero-order valence-electron chi connectivity index (χ0n) is 17.0. The lowest BCUT2D eigenvalue weighted by atomic mass is 10.1. The number of hydrogen-bond acceptors (Lipinski definition) is 4. The quantitative estimate of drug-likeness (QED) is 0.477. The van der Waals surface area contributed by atoms with Gasteiger partial charge in [-0.05, 0) is 39.8 Å². The largest absolute Gasteiger partial charge is 0.494 e. The second-order valence-corrected chi connectivity index (χ2v) is 6.96. The van der Waals surface area contributed by atoms with Crippen molar-refractivity contribution >= 4 is 11.9 Å². The number of carbonyl (C=O) groups excluding carboxylic acids is 1. The molecular formula is C20H32N4O3. The molecule has 1 heterocycles. The Morgan fingerprint density at radius 1 is 1.37 bits per heavy atom. The summed E-state index contributed by atoms with van der Waals surface area (Å²) in [7, 11) is 1.71. The first-order chi connectivity index (χ1) is 12.9. The van der Waals surface area contributed by atoms with E-state index in [-0.39, 0.29) is 18.1 Å². The van der Waals surface area contributed by atoms with E-state index < -0.39 is 0 Å². The molecule has 0 bridgehead atoms. The van der Waals surface area contributed by atoms with Crippen LogP contribution in [0.1, 0.15) is 45.2 Å². The molecule has 1 aliphatic heterocycles. The third kappa shape index (κ3) is 6.34. The Balaban J connectivity index is 1.92. The molecule has 1 unspecified atom stereocenters. The fraction of sp³-hybridized carbons (Fsp3) is 0.600. The first-order valence-corrected chi connectivity index (χ1v) is 9.62. The average molecular weight is 377 g/mol. The third-order valence-electron chi connectivity index (χ3n) is 4.14. The minimum atomic E-state index is 0.0245. The maximum Gasteiger partial charge on any atom is 0.221 e. The van der Waals surface area contributed by atoms with E-state index in [9.17, 15) is 4.79 Å². The molecule has 7 nitrogen and oxygen atoms in total. The van der Waals surface area contributed by atoms with Gasteiger partial charge in [0.1, 0.15) is 17.6 Å². The van der Waals surface area contributed by atoms with Gasteiger partial charge in [0.15, 0.2) is 5.96 Å². The minimum Gasteiger partial charge on any atom is -0.494 e. The molecule has 3 N–H and O–H groups in total. The van der Waals surface area contributed by atoms with Crippen molar-refractivity contribution in [2.24, 2.45) is 4.99 Å². The molecule has 0 spiro atoms. The Bertz CT molecular complexity index is 673. The lowest BCUT2D eigenvalue weighted by Crippen LogP contribution is -2.39. The molecule has 7 heteroatoms. The number of nitrogens with one attached hydrogen (secondary N) is 3. The Morgan fingerprint density at radius 2 is 2.15 bits per heavy atom. The molecule has 2 rings (SSSR count). The molecule has 150 valence electrons. The van der Waals surface area contributed by atoms with Crippen LogP contribution in [0.4, 0.5) is 0 Å². The monoisotopic (exact) mass is 376 g/mol. The zero-order valence-corrected chi connectivity index (χ0v) is 17.0. The number of rotatable bonds is 8. The summed E-state index contributed by atoms with van der Waals surface area (Å²) in [6, 6.07) is 4.27. The number of guanidine groups is 1. The van der Waals surface area contributed by atoms with Crippen molar-refractivity contribution in [2.45, 2.75) is 59.2 Å². The molecule has 27 heavy (non-hydrogen) atoms. The van der Waals surface area contributed by atoms with Crippen LogP contribution < -0.4 is 25.4 Å². The average Bonchev–Trinajstić information content (AvgIpc) is 2.96. The van der Waals surface area contributed by atoms with Crippen LogP contribution >= 0.6 is 0 Å². The van der Waals surface area contributed by atoms with Crippen molar-refractivity contribution in [1.29, 1.82) is 0 Å². The number of carbonyl (C=O) groups is 1. The summed E-state index contributed by atoms with van der Waals surface area (Å²) in [5.41, 5.74) is 2.21. The number of hydrogen-bond donors (Lipinski definition) is 3. The van der Waals surface area contributed by atoms with Crippen molar-refractivity contribution < 1.29 is 14.3 Å². The highest BCUT2D eigenvalue weighted by Gasteiger charge is 2.21. The van der Waals surface area contributed by atoms with Crippen LogP contribution in [0.2, 0.25) is 0 Å². The summed E-state index contributed by atoms with van der Waals surface area (Å²) < 4.78 is 11.7. The maximum atomic E-state index is 11.7. The van der Waals surface area contributed by atoms with Crippen molar-refractivity contribution in [2.75, 3.05) is 20.2 Å². The highest BCUT2D eigenvalue weighted by atomic mass is 16.5. The van der Waals surface area contributed by atoms with Crippen LogP contribution in [-0.4, -0.2) is 44.2 Å². The predicted molar refractivity (Wildman–Crippen MR) is 108 cm³/mol. The van der Waals surface area contributed by atoms with Crippen LogP contribution in [0.5, 0.6) is 11.5 Å². The van der Waals surface area contributed by atoms with Crippen LogP contribution in [0.3, 0.4) is 0 Å². The van der Waals surface area contributed by atoms with Gasteiger partial charge in [0.25, 0.3) is 0 Å². The third-order valence-corrected chi connectivity index (χ3v) is 4.14. The smallest absolute Gasteiger partial charge is 0.221 e. The molecule has 0 aromatic heterocycles. The molecule has 1 amide bonds. The van der Waals surface area contributed by atoms with Crippen LogP contribution in [-0.2, 0) is 17.8 Å². The maximum absolute atomic E-state index is 11.7. The van der Waals surface area contributed by atoms with Crippen molar-refractivity contribution in [3.8, 4) is 11.5 Å². The van der Waals surface area contributed by atoms with Gasteiger partial charge in [-0.25, -0.2) is 0 Å². The van der Waals surface area contributed by atoms with E-state index in [1.807, 2.05) is 26.8 Å². The topological polar surface area (TPSA) is 84.0 Å². The summed E-state index contributed by atoms with van der Waals surface area (Å²) in [6.07, 6.45) is 1.50. The van der Waals surface area contributed by atoms with Gasteiger partial charge in [0.05, 0.1) is 6.61 Å². The van der Waals surface area contributed by atoms with Gasteiger partial charge in [0, 0.05) is 50.1 Å². The molecule has 1 aromatic rings. The van der Waals surface area contributed by atoms with Gasteiger partial charge in [-0.1, -0.05) is 0 Å². The number of fused-ring (bicyclic) bond motifs is 1. The summed E-state index contributed by atoms with van der Waals surface area (Å²) in [5.74, 6) is 2.46. The number of ether oxygens (including phenoxy) is 2. The molecule has 1 atom stereocenters.